The van der Waals surface area contributed by atoms with Gasteiger partial charge >= 0.3 is 0 Å². The van der Waals surface area contributed by atoms with Crippen LogP contribution in [0.25, 0.3) is 11.4 Å². The highest BCUT2D eigenvalue weighted by Gasteiger charge is 2.09. The fourth-order valence-electron chi connectivity index (χ4n) is 2.50. The number of aliphatic hydroxyl groups excluding tert-OH is 1. The first-order valence-electron chi connectivity index (χ1n) is 8.40. The second-order valence-electron chi connectivity index (χ2n) is 5.65. The van der Waals surface area contributed by atoms with Gasteiger partial charge in [0.1, 0.15) is 11.6 Å². The summed E-state index contributed by atoms with van der Waals surface area (Å²) in [6.45, 7) is 2.82. The van der Waals surface area contributed by atoms with E-state index in [4.69, 9.17) is 16.3 Å². The molecule has 3 rings (SSSR count). The summed E-state index contributed by atoms with van der Waals surface area (Å²) >= 11 is 6.24. The maximum atomic E-state index is 10.2. The first kappa shape index (κ1) is 18.2. The molecule has 0 radical (unpaired) electrons. The Labute approximate surface area is 157 Å². The third-order valence-corrected chi connectivity index (χ3v) is 4.10. The van der Waals surface area contributed by atoms with Gasteiger partial charge in [0.2, 0.25) is 0 Å². The van der Waals surface area contributed by atoms with E-state index >= 15 is 0 Å². The van der Waals surface area contributed by atoms with Crippen LogP contribution in [0.15, 0.2) is 60.8 Å². The zero-order valence-electron chi connectivity index (χ0n) is 14.4. The van der Waals surface area contributed by atoms with Crippen LogP contribution in [0.1, 0.15) is 18.6 Å². The van der Waals surface area contributed by atoms with Crippen molar-refractivity contribution in [2.24, 2.45) is 0 Å². The molecule has 0 aliphatic rings. The average molecular weight is 370 g/mol. The molecule has 0 spiro atoms. The third-order valence-electron chi connectivity index (χ3n) is 3.81. The Hall–Kier alpha value is -2.63. The summed E-state index contributed by atoms with van der Waals surface area (Å²) in [6.07, 6.45) is 1.05. The minimum atomic E-state index is -0.616. The van der Waals surface area contributed by atoms with E-state index in [1.807, 2.05) is 49.4 Å². The number of aliphatic hydroxyl groups is 1. The number of aromatic nitrogens is 2. The van der Waals surface area contributed by atoms with Gasteiger partial charge in [0.15, 0.2) is 5.82 Å². The molecular weight excluding hydrogens is 350 g/mol. The lowest BCUT2D eigenvalue weighted by Gasteiger charge is -2.13. The van der Waals surface area contributed by atoms with Crippen molar-refractivity contribution < 1.29 is 9.84 Å². The molecule has 0 amide bonds. The number of nitrogens with zero attached hydrogens (tertiary/aromatic N) is 2. The molecule has 26 heavy (non-hydrogen) atoms. The van der Waals surface area contributed by atoms with Crippen LogP contribution in [0.2, 0.25) is 5.02 Å². The lowest BCUT2D eigenvalue weighted by atomic mass is 10.1. The molecule has 5 nitrogen and oxygen atoms in total. The van der Waals surface area contributed by atoms with E-state index < -0.39 is 6.10 Å². The molecule has 6 heteroatoms. The molecule has 0 saturated heterocycles. The van der Waals surface area contributed by atoms with Crippen LogP contribution in [0.5, 0.6) is 5.75 Å². The van der Waals surface area contributed by atoms with Crippen LogP contribution in [-0.4, -0.2) is 28.2 Å². The summed E-state index contributed by atoms with van der Waals surface area (Å²) in [5, 5.41) is 13.9. The average Bonchev–Trinajstić information content (AvgIpc) is 2.69. The van der Waals surface area contributed by atoms with Crippen molar-refractivity contribution in [3.8, 4) is 17.1 Å². The smallest absolute Gasteiger partial charge is 0.161 e. The van der Waals surface area contributed by atoms with E-state index in [1.165, 1.54) is 0 Å². The molecule has 2 N–H and O–H groups in total. The first-order chi connectivity index (χ1) is 12.7. The predicted molar refractivity (Wildman–Crippen MR) is 104 cm³/mol. The van der Waals surface area contributed by atoms with Gasteiger partial charge < -0.3 is 15.2 Å². The molecule has 1 atom stereocenters. The molecule has 0 aliphatic heterocycles. The number of nitrogens with one attached hydrogen (secondary N) is 1. The molecule has 0 fully saturated rings. The number of hydrogen-bond donors (Lipinski definition) is 2. The van der Waals surface area contributed by atoms with Gasteiger partial charge in [-0.25, -0.2) is 9.97 Å². The fraction of sp³-hybridized carbons (Fsp3) is 0.200. The van der Waals surface area contributed by atoms with Crippen LogP contribution < -0.4 is 10.1 Å². The minimum absolute atomic E-state index is 0.352. The number of anilines is 1. The predicted octanol–water partition coefficient (Wildman–Crippen LogP) is 4.34. The number of benzene rings is 2. The molecule has 2 aromatic carbocycles. The van der Waals surface area contributed by atoms with Crippen molar-refractivity contribution in [1.82, 2.24) is 9.97 Å². The van der Waals surface area contributed by atoms with Crippen LogP contribution in [0.4, 0.5) is 5.82 Å². The summed E-state index contributed by atoms with van der Waals surface area (Å²) in [5.41, 5.74) is 1.65. The zero-order valence-corrected chi connectivity index (χ0v) is 15.1. The van der Waals surface area contributed by atoms with Gasteiger partial charge in [-0.3, -0.25) is 0 Å². The summed E-state index contributed by atoms with van der Waals surface area (Å²) in [5.74, 6) is 1.82. The van der Waals surface area contributed by atoms with Crippen molar-refractivity contribution in [2.45, 2.75) is 13.0 Å². The van der Waals surface area contributed by atoms with Gasteiger partial charge in [-0.1, -0.05) is 41.9 Å². The van der Waals surface area contributed by atoms with Gasteiger partial charge in [-0.05, 0) is 36.8 Å². The summed E-state index contributed by atoms with van der Waals surface area (Å²) in [6, 6.07) is 16.7. The van der Waals surface area contributed by atoms with Gasteiger partial charge in [0.05, 0.1) is 17.7 Å². The zero-order chi connectivity index (χ0) is 18.4. The Morgan fingerprint density at radius 1 is 1.15 bits per heavy atom. The first-order valence-corrected chi connectivity index (χ1v) is 8.78. The van der Waals surface area contributed by atoms with Crippen molar-refractivity contribution in [3.63, 3.8) is 0 Å². The Morgan fingerprint density at radius 3 is 2.69 bits per heavy atom. The fourth-order valence-corrected chi connectivity index (χ4v) is 2.74. The third kappa shape index (κ3) is 4.50. The summed E-state index contributed by atoms with van der Waals surface area (Å²) in [7, 11) is 0. The van der Waals surface area contributed by atoms with Crippen molar-refractivity contribution >= 4 is 17.4 Å². The second kappa shape index (κ2) is 8.65. The Balaban J connectivity index is 1.71. The molecule has 0 bridgehead atoms. The molecule has 1 aromatic heterocycles. The number of ether oxygens (including phenoxy) is 1. The molecule has 3 aromatic rings. The molecule has 1 unspecified atom stereocenters. The molecule has 134 valence electrons. The van der Waals surface area contributed by atoms with E-state index in [0.717, 1.165) is 11.1 Å². The molecule has 0 aliphatic carbocycles. The second-order valence-corrected chi connectivity index (χ2v) is 6.06. The summed E-state index contributed by atoms with van der Waals surface area (Å²) < 4.78 is 5.45. The monoisotopic (exact) mass is 369 g/mol. The van der Waals surface area contributed by atoms with Crippen molar-refractivity contribution in [2.75, 3.05) is 18.5 Å². The van der Waals surface area contributed by atoms with Crippen molar-refractivity contribution in [3.05, 3.63) is 71.4 Å². The standard InChI is InChI=1S/C20H20ClN3O2/c1-2-26-18-9-8-15(12-16(18)21)20-22-11-10-19(24-20)23-13-17(25)14-6-4-3-5-7-14/h3-12,17,25H,2,13H2,1H3,(H,22,23,24). The number of hydrogen-bond acceptors (Lipinski definition) is 5. The molecular formula is C20H20ClN3O2. The topological polar surface area (TPSA) is 67.3 Å². The van der Waals surface area contributed by atoms with Crippen LogP contribution in [0, 0.1) is 0 Å². The van der Waals surface area contributed by atoms with Gasteiger partial charge in [0, 0.05) is 18.3 Å². The maximum absolute atomic E-state index is 10.2. The molecule has 0 saturated carbocycles. The minimum Gasteiger partial charge on any atom is -0.492 e. The quantitative estimate of drug-likeness (QED) is 0.648. The normalized spacial score (nSPS) is 11.8. The van der Waals surface area contributed by atoms with Crippen LogP contribution >= 0.6 is 11.6 Å². The van der Waals surface area contributed by atoms with Gasteiger partial charge in [0.25, 0.3) is 0 Å². The van der Waals surface area contributed by atoms with Crippen LogP contribution in [-0.2, 0) is 0 Å². The number of halogens is 1. The SMILES string of the molecule is CCOc1ccc(-c2nccc(NCC(O)c3ccccc3)n2)cc1Cl. The van der Waals surface area contributed by atoms with Crippen molar-refractivity contribution in [1.29, 1.82) is 0 Å². The molecule has 1 heterocycles. The van der Waals surface area contributed by atoms with E-state index in [0.29, 0.717) is 35.6 Å². The van der Waals surface area contributed by atoms with Gasteiger partial charge in [-0.15, -0.1) is 0 Å². The van der Waals surface area contributed by atoms with Gasteiger partial charge in [-0.2, -0.15) is 0 Å². The van der Waals surface area contributed by atoms with E-state index in [2.05, 4.69) is 15.3 Å². The highest BCUT2D eigenvalue weighted by molar-refractivity contribution is 6.32. The van der Waals surface area contributed by atoms with E-state index in [9.17, 15) is 5.11 Å². The summed E-state index contributed by atoms with van der Waals surface area (Å²) in [4.78, 5) is 8.79. The van der Waals surface area contributed by atoms with E-state index in [1.54, 1.807) is 18.3 Å². The highest BCUT2D eigenvalue weighted by Crippen LogP contribution is 2.29. The highest BCUT2D eigenvalue weighted by atomic mass is 35.5. The largest absolute Gasteiger partial charge is 0.492 e. The Kier molecular flexibility index (Phi) is 6.04. The lowest BCUT2D eigenvalue weighted by molar-refractivity contribution is 0.191. The lowest BCUT2D eigenvalue weighted by Crippen LogP contribution is -2.13. The maximum Gasteiger partial charge on any atom is 0.161 e. The van der Waals surface area contributed by atoms with Crippen LogP contribution in [0.3, 0.4) is 0 Å². The Morgan fingerprint density at radius 2 is 1.96 bits per heavy atom. The Bertz CT molecular complexity index is 859. The number of rotatable bonds is 7. The van der Waals surface area contributed by atoms with E-state index in [-0.39, 0.29) is 0 Å².